The topological polar surface area (TPSA) is 209 Å². The third kappa shape index (κ3) is 20.8. The number of aliphatic hydroxyl groups excluding tert-OH is 2. The van der Waals surface area contributed by atoms with Crippen LogP contribution >= 0.6 is 11.8 Å². The highest BCUT2D eigenvalue weighted by Crippen LogP contribution is 2.44. The van der Waals surface area contributed by atoms with Gasteiger partial charge in [0.25, 0.3) is 0 Å². The van der Waals surface area contributed by atoms with E-state index in [9.17, 15) is 14.4 Å². The number of ether oxygens (including phenoxy) is 3. The number of methoxy groups -OCH3 is 3. The van der Waals surface area contributed by atoms with E-state index >= 15 is 0 Å². The number of pyridine rings is 1. The number of fused-ring (bicyclic) bond motifs is 1. The van der Waals surface area contributed by atoms with Crippen molar-refractivity contribution in [3.05, 3.63) is 72.3 Å². The lowest BCUT2D eigenvalue weighted by molar-refractivity contribution is -0.138. The molecule has 17 heteroatoms. The number of rotatable bonds is 13. The fourth-order valence-electron chi connectivity index (χ4n) is 6.93. The molecule has 16 nitrogen and oxygen atoms in total. The van der Waals surface area contributed by atoms with Crippen LogP contribution in [0.4, 0.5) is 0 Å². The van der Waals surface area contributed by atoms with Gasteiger partial charge in [-0.15, -0.1) is 6.58 Å². The monoisotopic (exact) mass is 941 g/mol. The molecule has 4 atom stereocenters. The van der Waals surface area contributed by atoms with Crippen molar-refractivity contribution in [2.75, 3.05) is 48.6 Å². The maximum Gasteiger partial charge on any atom is 0.243 e. The molecule has 0 spiro atoms. The molecule has 6 N–H and O–H groups in total. The van der Waals surface area contributed by atoms with E-state index in [2.05, 4.69) is 77.8 Å². The smallest absolute Gasteiger partial charge is 0.243 e. The summed E-state index contributed by atoms with van der Waals surface area (Å²) in [4.78, 5) is 48.8. The van der Waals surface area contributed by atoms with Crippen LogP contribution in [-0.4, -0.2) is 126 Å². The first-order valence-electron chi connectivity index (χ1n) is 22.7. The summed E-state index contributed by atoms with van der Waals surface area (Å²) in [5, 5.41) is 29.3. The number of carbonyl (C=O) groups is 3. The standard InChI is InChI=1S/C17H21N3O2S.C14H21N3O3.C6H8N2.C6H12O.C4H10.2CH4O/c1-10(2)18-17-20-15(9-23-17)14-8-16(22-4)12-6-5-11(21-3)7-13(12)19-14;1-3-10-7-14(10,2)16-13(20)11-5-4-6-17(11)12(19)8-15-9-18;1-2-6-7-4-3-5-8-6;1-7-6-4-2-3-5-6;1-4(2)3;2*1-2/h5-10,17-18,20H,1-4H3;3,9-11H,1,4-8H2,2H3,(H,15,18)(H,16,20);3-5H,2H2,1H3;6H,2-5H2,1H3;4H,1-3H3;2*2H,1H3/t;10?,11?,14-;;;;;/m.1...../s1. The number of carbonyl (C=O) groups excluding carboxylic acids is 3. The van der Waals surface area contributed by atoms with Crippen LogP contribution in [0.25, 0.3) is 16.6 Å². The minimum Gasteiger partial charge on any atom is -0.497 e. The van der Waals surface area contributed by atoms with E-state index in [0.29, 0.717) is 37.4 Å². The Balaban J connectivity index is 0.000000453. The van der Waals surface area contributed by atoms with Gasteiger partial charge in [-0.2, -0.15) is 0 Å². The van der Waals surface area contributed by atoms with Crippen LogP contribution in [0.3, 0.4) is 0 Å². The lowest BCUT2D eigenvalue weighted by atomic mass is 10.1. The third-order valence-corrected chi connectivity index (χ3v) is 11.2. The summed E-state index contributed by atoms with van der Waals surface area (Å²) >= 11 is 1.71. The molecule has 1 aromatic carbocycles. The molecule has 3 amide bonds. The Morgan fingerprint density at radius 1 is 1.00 bits per heavy atom. The summed E-state index contributed by atoms with van der Waals surface area (Å²) in [7, 11) is 7.13. The molecule has 66 heavy (non-hydrogen) atoms. The van der Waals surface area contributed by atoms with Crippen molar-refractivity contribution in [1.29, 1.82) is 0 Å². The molecule has 3 fully saturated rings. The minimum atomic E-state index is -0.418. The van der Waals surface area contributed by atoms with Gasteiger partial charge in [0.1, 0.15) is 28.9 Å². The zero-order valence-corrected chi connectivity index (χ0v) is 42.4. The first-order valence-corrected chi connectivity index (χ1v) is 23.7. The fraction of sp³-hybridized carbons (Fsp3) is 0.592. The highest BCUT2D eigenvalue weighted by Gasteiger charge is 2.50. The number of hydrogen-bond acceptors (Lipinski definition) is 14. The van der Waals surface area contributed by atoms with Crippen molar-refractivity contribution in [2.24, 2.45) is 11.8 Å². The Bertz CT molecular complexity index is 1880. The number of thioether (sulfide) groups is 1. The van der Waals surface area contributed by atoms with E-state index in [1.54, 1.807) is 50.4 Å². The maximum atomic E-state index is 12.3. The molecule has 2 saturated carbocycles. The second-order valence-corrected chi connectivity index (χ2v) is 17.7. The summed E-state index contributed by atoms with van der Waals surface area (Å²) in [6.07, 6.45) is 15.1. The molecule has 3 unspecified atom stereocenters. The average Bonchev–Trinajstić information content (AvgIpc) is 3.90. The van der Waals surface area contributed by atoms with Crippen molar-refractivity contribution in [2.45, 2.75) is 129 Å². The molecule has 0 bridgehead atoms. The van der Waals surface area contributed by atoms with Crippen molar-refractivity contribution in [1.82, 2.24) is 41.1 Å². The second-order valence-electron chi connectivity index (χ2n) is 16.7. The number of aryl methyl sites for hydroxylation is 1. The zero-order valence-electron chi connectivity index (χ0n) is 41.6. The second kappa shape index (κ2) is 32.8. The maximum absolute atomic E-state index is 12.3. The van der Waals surface area contributed by atoms with E-state index in [1.807, 2.05) is 50.3 Å². The molecule has 7 rings (SSSR count). The van der Waals surface area contributed by atoms with Crippen LogP contribution in [0.15, 0.2) is 60.8 Å². The van der Waals surface area contributed by atoms with Gasteiger partial charge in [0.05, 0.1) is 43.8 Å². The van der Waals surface area contributed by atoms with Gasteiger partial charge in [-0.1, -0.05) is 58.4 Å². The van der Waals surface area contributed by atoms with E-state index in [1.165, 1.54) is 25.7 Å². The molecule has 0 radical (unpaired) electrons. The summed E-state index contributed by atoms with van der Waals surface area (Å²) in [5.74, 6) is 3.33. The average molecular weight is 941 g/mol. The van der Waals surface area contributed by atoms with E-state index in [-0.39, 0.29) is 29.4 Å². The number of hydrogen-bond donors (Lipinski definition) is 6. The minimum absolute atomic E-state index is 0.0557. The van der Waals surface area contributed by atoms with E-state index < -0.39 is 6.04 Å². The number of aliphatic hydroxyl groups is 2. The molecule has 3 aromatic rings. The van der Waals surface area contributed by atoms with Gasteiger partial charge in [-0.3, -0.25) is 19.7 Å². The van der Waals surface area contributed by atoms with Gasteiger partial charge in [0.15, 0.2) is 0 Å². The Morgan fingerprint density at radius 2 is 1.65 bits per heavy atom. The predicted octanol–water partition coefficient (Wildman–Crippen LogP) is 6.47. The fourth-order valence-corrected chi connectivity index (χ4v) is 7.93. The van der Waals surface area contributed by atoms with Crippen LogP contribution in [-0.2, 0) is 25.5 Å². The summed E-state index contributed by atoms with van der Waals surface area (Å²) in [6.45, 7) is 19.0. The van der Waals surface area contributed by atoms with Crippen LogP contribution < -0.4 is 30.7 Å². The van der Waals surface area contributed by atoms with Gasteiger partial charge >= 0.3 is 0 Å². The quantitative estimate of drug-likeness (QED) is 0.0803. The third-order valence-electron chi connectivity index (χ3n) is 10.3. The molecule has 2 aliphatic heterocycles. The van der Waals surface area contributed by atoms with E-state index in [4.69, 9.17) is 29.4 Å². The van der Waals surface area contributed by atoms with Crippen molar-refractivity contribution in [3.8, 4) is 11.5 Å². The molecule has 370 valence electrons. The molecular weight excluding hydrogens is 861 g/mol. The van der Waals surface area contributed by atoms with Gasteiger partial charge in [0.2, 0.25) is 18.2 Å². The largest absolute Gasteiger partial charge is 0.497 e. The molecule has 1 saturated heterocycles. The zero-order chi connectivity index (χ0) is 49.7. The summed E-state index contributed by atoms with van der Waals surface area (Å²) in [6, 6.07) is 9.59. The Hall–Kier alpha value is -4.81. The number of amides is 3. The summed E-state index contributed by atoms with van der Waals surface area (Å²) in [5.41, 5.74) is 2.67. The van der Waals surface area contributed by atoms with Crippen molar-refractivity contribution < 1.29 is 38.8 Å². The van der Waals surface area contributed by atoms with Crippen LogP contribution in [0.5, 0.6) is 11.5 Å². The molecule has 4 heterocycles. The number of nitrogens with zero attached hydrogens (tertiary/aromatic N) is 4. The molecule has 2 aliphatic carbocycles. The number of likely N-dealkylation sites (tertiary alicyclic amines) is 1. The van der Waals surface area contributed by atoms with Crippen molar-refractivity contribution >= 4 is 46.6 Å². The molecule has 4 aliphatic rings. The number of aromatic nitrogens is 3. The molecule has 2 aromatic heterocycles. The lowest BCUT2D eigenvalue weighted by Crippen LogP contribution is -2.51. The van der Waals surface area contributed by atoms with E-state index in [0.717, 1.165) is 79.0 Å². The predicted molar refractivity (Wildman–Crippen MR) is 267 cm³/mol. The SMILES string of the molecule is C=CC1C[C@@]1(C)NC(=O)C1CCCN1C(=O)CNC=O.CC(C)C.CCc1ncccn1.CO.CO.COC1CCCC1.COc1ccc2c(OC)cc(C3=CSC(NC(C)C)N3)nc2c1. The molecular formula is C49H80N8O8S. The Labute approximate surface area is 398 Å². The van der Waals surface area contributed by atoms with Crippen LogP contribution in [0.2, 0.25) is 0 Å². The highest BCUT2D eigenvalue weighted by molar-refractivity contribution is 8.03. The Kier molecular flexibility index (Phi) is 29.4. The van der Waals surface area contributed by atoms with Gasteiger partial charge in [0, 0.05) is 81.7 Å². The van der Waals surface area contributed by atoms with Gasteiger partial charge in [-0.25, -0.2) is 15.0 Å². The number of benzene rings is 1. The van der Waals surface area contributed by atoms with Crippen LogP contribution in [0, 0.1) is 11.8 Å². The summed E-state index contributed by atoms with van der Waals surface area (Å²) < 4.78 is 15.9. The lowest BCUT2D eigenvalue weighted by Gasteiger charge is -2.25. The highest BCUT2D eigenvalue weighted by atomic mass is 32.2. The van der Waals surface area contributed by atoms with Crippen molar-refractivity contribution in [3.63, 3.8) is 0 Å². The first-order chi connectivity index (χ1) is 31.7. The Morgan fingerprint density at radius 3 is 2.15 bits per heavy atom. The number of nitrogens with one attached hydrogen (secondary N) is 4. The first kappa shape index (κ1) is 59.2. The van der Waals surface area contributed by atoms with Gasteiger partial charge in [-0.05, 0) is 82.4 Å². The normalized spacial score (nSPS) is 19.9. The van der Waals surface area contributed by atoms with Gasteiger partial charge < -0.3 is 45.3 Å². The van der Waals surface area contributed by atoms with Crippen LogP contribution in [0.1, 0.15) is 105 Å².